The molecule has 0 saturated heterocycles. The number of alkyl halides is 1. The third-order valence-electron chi connectivity index (χ3n) is 3.40. The molecule has 7 heteroatoms. The van der Waals surface area contributed by atoms with E-state index in [1.807, 2.05) is 36.4 Å². The maximum Gasteiger partial charge on any atom is 0.248 e. The van der Waals surface area contributed by atoms with E-state index in [1.165, 1.54) is 22.5 Å². The van der Waals surface area contributed by atoms with Crippen LogP contribution in [0.5, 0.6) is 0 Å². The Morgan fingerprint density at radius 1 is 1.20 bits per heavy atom. The van der Waals surface area contributed by atoms with Crippen LogP contribution in [0.4, 0.5) is 5.13 Å². The number of hydrogen-bond acceptors (Lipinski definition) is 5. The first-order valence-corrected chi connectivity index (χ1v) is 9.87. The number of thioether (sulfide) groups is 1. The van der Waals surface area contributed by atoms with Crippen molar-refractivity contribution in [3.05, 3.63) is 71.3 Å². The van der Waals surface area contributed by atoms with Crippen molar-refractivity contribution < 1.29 is 4.79 Å². The second-order valence-corrected chi connectivity index (χ2v) is 8.05. The molecule has 2 aromatic carbocycles. The summed E-state index contributed by atoms with van der Waals surface area (Å²) in [6.07, 6.45) is 0. The van der Waals surface area contributed by atoms with E-state index in [0.717, 1.165) is 15.7 Å². The van der Waals surface area contributed by atoms with Gasteiger partial charge in [0.1, 0.15) is 5.38 Å². The van der Waals surface area contributed by atoms with Gasteiger partial charge in [-0.15, -0.1) is 21.8 Å². The van der Waals surface area contributed by atoms with Crippen molar-refractivity contribution in [1.82, 2.24) is 10.2 Å². The van der Waals surface area contributed by atoms with E-state index in [0.29, 0.717) is 5.13 Å². The molecule has 0 aliphatic rings. The average molecular weight is 390 g/mol. The van der Waals surface area contributed by atoms with Crippen molar-refractivity contribution in [2.24, 2.45) is 0 Å². The lowest BCUT2D eigenvalue weighted by Gasteiger charge is -2.08. The van der Waals surface area contributed by atoms with Gasteiger partial charge in [-0.05, 0) is 18.1 Å². The first kappa shape index (κ1) is 17.9. The van der Waals surface area contributed by atoms with Crippen LogP contribution in [0.2, 0.25) is 0 Å². The molecule has 3 rings (SSSR count). The lowest BCUT2D eigenvalue weighted by molar-refractivity contribution is -0.116. The Morgan fingerprint density at radius 3 is 2.76 bits per heavy atom. The minimum absolute atomic E-state index is 0.306. The Labute approximate surface area is 159 Å². The normalized spacial score (nSPS) is 11.9. The summed E-state index contributed by atoms with van der Waals surface area (Å²) in [5.41, 5.74) is 3.22. The molecule has 0 bridgehead atoms. The van der Waals surface area contributed by atoms with Crippen molar-refractivity contribution in [3.63, 3.8) is 0 Å². The molecule has 0 aliphatic heterocycles. The van der Waals surface area contributed by atoms with E-state index in [-0.39, 0.29) is 5.91 Å². The standard InChI is InChI=1S/C18H16ClN3OS2/c1-12-6-5-7-13(10-12)11-24-18-22-21-17(25-18)20-16(23)15(19)14-8-3-2-4-9-14/h2-10,15H,11H2,1H3,(H,20,21,23). The molecule has 1 heterocycles. The van der Waals surface area contributed by atoms with Crippen molar-refractivity contribution in [1.29, 1.82) is 0 Å². The highest BCUT2D eigenvalue weighted by atomic mass is 35.5. The number of nitrogens with zero attached hydrogens (tertiary/aromatic N) is 2. The maximum absolute atomic E-state index is 12.2. The quantitative estimate of drug-likeness (QED) is 0.364. The second-order valence-electron chi connectivity index (χ2n) is 5.41. The minimum atomic E-state index is -0.756. The summed E-state index contributed by atoms with van der Waals surface area (Å²) in [5, 5.41) is 10.6. The topological polar surface area (TPSA) is 54.9 Å². The summed E-state index contributed by atoms with van der Waals surface area (Å²) >= 11 is 9.15. The fraction of sp³-hybridized carbons (Fsp3) is 0.167. The Morgan fingerprint density at radius 2 is 2.00 bits per heavy atom. The number of rotatable bonds is 6. The Kier molecular flexibility index (Phi) is 6.07. The molecule has 3 aromatic rings. The molecule has 1 amide bonds. The van der Waals surface area contributed by atoms with E-state index < -0.39 is 5.38 Å². The molecule has 1 aromatic heterocycles. The zero-order valence-corrected chi connectivity index (χ0v) is 15.9. The van der Waals surface area contributed by atoms with Gasteiger partial charge in [0.2, 0.25) is 11.0 Å². The second kappa shape index (κ2) is 8.47. The first-order chi connectivity index (χ1) is 12.1. The number of carbonyl (C=O) groups excluding carboxylic acids is 1. The summed E-state index contributed by atoms with van der Waals surface area (Å²) in [6.45, 7) is 2.07. The van der Waals surface area contributed by atoms with Crippen LogP contribution in [0.25, 0.3) is 0 Å². The fourth-order valence-electron chi connectivity index (χ4n) is 2.21. The van der Waals surface area contributed by atoms with Crippen molar-refractivity contribution in [3.8, 4) is 0 Å². The van der Waals surface area contributed by atoms with E-state index in [2.05, 4.69) is 40.6 Å². The monoisotopic (exact) mass is 389 g/mol. The van der Waals surface area contributed by atoms with Crippen LogP contribution >= 0.6 is 34.7 Å². The minimum Gasteiger partial charge on any atom is -0.299 e. The fourth-order valence-corrected chi connectivity index (χ4v) is 4.11. The molecule has 128 valence electrons. The van der Waals surface area contributed by atoms with Gasteiger partial charge in [0.05, 0.1) is 0 Å². The molecule has 0 fully saturated rings. The number of hydrogen-bond donors (Lipinski definition) is 1. The predicted octanol–water partition coefficient (Wildman–Crippen LogP) is 5.06. The molecule has 4 nitrogen and oxygen atoms in total. The first-order valence-electron chi connectivity index (χ1n) is 7.63. The van der Waals surface area contributed by atoms with Gasteiger partial charge < -0.3 is 0 Å². The zero-order valence-electron chi connectivity index (χ0n) is 13.5. The Balaban J connectivity index is 1.57. The highest BCUT2D eigenvalue weighted by molar-refractivity contribution is 8.00. The van der Waals surface area contributed by atoms with Crippen LogP contribution < -0.4 is 5.32 Å². The van der Waals surface area contributed by atoms with E-state index in [1.54, 1.807) is 11.8 Å². The van der Waals surface area contributed by atoms with Gasteiger partial charge in [0, 0.05) is 5.75 Å². The van der Waals surface area contributed by atoms with Gasteiger partial charge in [-0.3, -0.25) is 10.1 Å². The number of halogens is 1. The van der Waals surface area contributed by atoms with Gasteiger partial charge in [-0.1, -0.05) is 83.3 Å². The lowest BCUT2D eigenvalue weighted by Crippen LogP contribution is -2.17. The third kappa shape index (κ3) is 5.04. The number of aryl methyl sites for hydroxylation is 1. The van der Waals surface area contributed by atoms with Gasteiger partial charge in [0.25, 0.3) is 0 Å². The lowest BCUT2D eigenvalue weighted by atomic mass is 10.1. The summed E-state index contributed by atoms with van der Waals surface area (Å²) in [6, 6.07) is 17.6. The average Bonchev–Trinajstić information content (AvgIpc) is 3.07. The van der Waals surface area contributed by atoms with E-state index in [4.69, 9.17) is 11.6 Å². The van der Waals surface area contributed by atoms with Gasteiger partial charge in [-0.2, -0.15) is 0 Å². The predicted molar refractivity (Wildman–Crippen MR) is 104 cm³/mol. The third-order valence-corrected chi connectivity index (χ3v) is 5.90. The molecular weight excluding hydrogens is 374 g/mol. The highest BCUT2D eigenvalue weighted by Crippen LogP contribution is 2.29. The van der Waals surface area contributed by atoms with Crippen LogP contribution in [0.15, 0.2) is 58.9 Å². The number of aromatic nitrogens is 2. The Bertz CT molecular complexity index is 854. The number of anilines is 1. The molecule has 1 unspecified atom stereocenters. The summed E-state index contributed by atoms with van der Waals surface area (Å²) in [7, 11) is 0. The van der Waals surface area contributed by atoms with Crippen molar-refractivity contribution >= 4 is 45.7 Å². The number of amides is 1. The molecule has 1 atom stereocenters. The van der Waals surface area contributed by atoms with Crippen LogP contribution in [-0.2, 0) is 10.5 Å². The molecular formula is C18H16ClN3OS2. The van der Waals surface area contributed by atoms with E-state index >= 15 is 0 Å². The van der Waals surface area contributed by atoms with Gasteiger partial charge in [0.15, 0.2) is 4.34 Å². The molecule has 0 spiro atoms. The molecule has 0 radical (unpaired) electrons. The van der Waals surface area contributed by atoms with Gasteiger partial charge >= 0.3 is 0 Å². The maximum atomic E-state index is 12.2. The largest absolute Gasteiger partial charge is 0.299 e. The van der Waals surface area contributed by atoms with Crippen LogP contribution in [0.3, 0.4) is 0 Å². The highest BCUT2D eigenvalue weighted by Gasteiger charge is 2.19. The van der Waals surface area contributed by atoms with Crippen molar-refractivity contribution in [2.75, 3.05) is 5.32 Å². The Hall–Kier alpha value is -1.89. The zero-order chi connectivity index (χ0) is 17.6. The molecule has 1 N–H and O–H groups in total. The molecule has 0 saturated carbocycles. The summed E-state index contributed by atoms with van der Waals surface area (Å²) in [5.74, 6) is 0.506. The van der Waals surface area contributed by atoms with Crippen molar-refractivity contribution in [2.45, 2.75) is 22.4 Å². The van der Waals surface area contributed by atoms with E-state index in [9.17, 15) is 4.79 Å². The molecule has 0 aliphatic carbocycles. The summed E-state index contributed by atoms with van der Waals surface area (Å²) in [4.78, 5) is 12.2. The number of nitrogens with one attached hydrogen (secondary N) is 1. The molecule has 25 heavy (non-hydrogen) atoms. The van der Waals surface area contributed by atoms with Gasteiger partial charge in [-0.25, -0.2) is 0 Å². The number of carbonyl (C=O) groups is 1. The van der Waals surface area contributed by atoms with Crippen LogP contribution in [-0.4, -0.2) is 16.1 Å². The smallest absolute Gasteiger partial charge is 0.248 e. The van der Waals surface area contributed by atoms with Crippen LogP contribution in [0, 0.1) is 6.92 Å². The SMILES string of the molecule is Cc1cccc(CSc2nnc(NC(=O)C(Cl)c3ccccc3)s2)c1. The number of benzene rings is 2. The van der Waals surface area contributed by atoms with Crippen LogP contribution in [0.1, 0.15) is 22.1 Å². The summed E-state index contributed by atoms with van der Waals surface area (Å²) < 4.78 is 0.808.